The highest BCUT2D eigenvalue weighted by Gasteiger charge is 2.17. The maximum atomic E-state index is 5.18. The summed E-state index contributed by atoms with van der Waals surface area (Å²) >= 11 is 1.90. The van der Waals surface area contributed by atoms with Crippen LogP contribution < -0.4 is 0 Å². The van der Waals surface area contributed by atoms with Gasteiger partial charge in [-0.2, -0.15) is 0 Å². The molecule has 0 saturated heterocycles. The largest absolute Gasteiger partial charge is 0.228 e. The lowest BCUT2D eigenvalue weighted by Gasteiger charge is -2.14. The molecule has 0 N–H and O–H groups in total. The quantitative estimate of drug-likeness (QED) is 0.179. The van der Waals surface area contributed by atoms with E-state index in [0.29, 0.717) is 5.82 Å². The van der Waals surface area contributed by atoms with Gasteiger partial charge in [0.05, 0.1) is 11.4 Å². The molecule has 0 aliphatic carbocycles. The average molecular weight is 641 g/mol. The van der Waals surface area contributed by atoms with Crippen LogP contribution in [0.1, 0.15) is 0 Å². The molecule has 0 unspecified atom stereocenters. The Kier molecular flexibility index (Phi) is 6.39. The van der Waals surface area contributed by atoms with Crippen LogP contribution in [0.4, 0.5) is 0 Å². The Morgan fingerprint density at radius 1 is 0.327 bits per heavy atom. The molecule has 0 aliphatic heterocycles. The van der Waals surface area contributed by atoms with E-state index in [4.69, 9.17) is 9.97 Å². The van der Waals surface area contributed by atoms with Crippen LogP contribution in [0, 0.1) is 0 Å². The number of thiophene rings is 1. The predicted molar refractivity (Wildman–Crippen MR) is 209 cm³/mol. The Balaban J connectivity index is 1.20. The van der Waals surface area contributed by atoms with E-state index in [1.807, 2.05) is 29.5 Å². The van der Waals surface area contributed by atoms with Crippen molar-refractivity contribution in [1.82, 2.24) is 9.97 Å². The van der Waals surface area contributed by atoms with Crippen molar-refractivity contribution in [3.05, 3.63) is 170 Å². The summed E-state index contributed by atoms with van der Waals surface area (Å²) in [4.78, 5) is 10.3. The number of fused-ring (bicyclic) bond motifs is 10. The minimum atomic E-state index is 0.717. The molecule has 0 bridgehead atoms. The molecule has 228 valence electrons. The summed E-state index contributed by atoms with van der Waals surface area (Å²) < 4.78 is 2.68. The zero-order chi connectivity index (χ0) is 32.3. The van der Waals surface area contributed by atoms with Crippen molar-refractivity contribution < 1.29 is 0 Å². The van der Waals surface area contributed by atoms with Gasteiger partial charge in [0.2, 0.25) is 0 Å². The lowest BCUT2D eigenvalue weighted by atomic mass is 9.91. The Bertz CT molecular complexity index is 2850. The van der Waals surface area contributed by atoms with E-state index < -0.39 is 0 Å². The number of rotatable bonds is 4. The first-order chi connectivity index (χ1) is 24.3. The van der Waals surface area contributed by atoms with Crippen molar-refractivity contribution in [3.8, 4) is 45.0 Å². The smallest absolute Gasteiger partial charge is 0.160 e. The molecule has 0 aliphatic rings. The molecule has 10 rings (SSSR count). The maximum absolute atomic E-state index is 5.18. The summed E-state index contributed by atoms with van der Waals surface area (Å²) in [5.41, 5.74) is 7.28. The lowest BCUT2D eigenvalue weighted by molar-refractivity contribution is 1.18. The highest BCUT2D eigenvalue weighted by atomic mass is 32.1. The number of nitrogens with zero attached hydrogens (tertiary/aromatic N) is 2. The summed E-state index contributed by atoms with van der Waals surface area (Å²) in [6.07, 6.45) is 0. The molecule has 0 fully saturated rings. The molecule has 8 aromatic carbocycles. The van der Waals surface area contributed by atoms with Gasteiger partial charge >= 0.3 is 0 Å². The lowest BCUT2D eigenvalue weighted by Crippen LogP contribution is -1.96. The van der Waals surface area contributed by atoms with Gasteiger partial charge in [0.15, 0.2) is 5.82 Å². The second-order valence-electron chi connectivity index (χ2n) is 12.5. The third-order valence-corrected chi connectivity index (χ3v) is 10.9. The minimum Gasteiger partial charge on any atom is -0.228 e. The molecular formula is C46H28N2S. The number of benzene rings is 8. The van der Waals surface area contributed by atoms with E-state index in [9.17, 15) is 0 Å². The van der Waals surface area contributed by atoms with Crippen molar-refractivity contribution >= 4 is 63.8 Å². The van der Waals surface area contributed by atoms with Crippen LogP contribution in [0.25, 0.3) is 97.5 Å². The molecule has 0 spiro atoms. The number of aromatic nitrogens is 2. The Morgan fingerprint density at radius 3 is 1.67 bits per heavy atom. The summed E-state index contributed by atoms with van der Waals surface area (Å²) in [7, 11) is 0. The minimum absolute atomic E-state index is 0.717. The van der Waals surface area contributed by atoms with Gasteiger partial charge in [-0.15, -0.1) is 11.3 Å². The molecule has 3 heteroatoms. The van der Waals surface area contributed by atoms with Crippen molar-refractivity contribution in [3.63, 3.8) is 0 Å². The second kappa shape index (κ2) is 11.2. The van der Waals surface area contributed by atoms with Gasteiger partial charge in [0.1, 0.15) is 0 Å². The summed E-state index contributed by atoms with van der Waals surface area (Å²) in [5.74, 6) is 0.717. The van der Waals surface area contributed by atoms with Crippen LogP contribution in [0.3, 0.4) is 0 Å². The average Bonchev–Trinajstić information content (AvgIpc) is 3.57. The van der Waals surface area contributed by atoms with Crippen molar-refractivity contribution in [1.29, 1.82) is 0 Å². The molecule has 2 aromatic heterocycles. The van der Waals surface area contributed by atoms with Crippen molar-refractivity contribution in [2.24, 2.45) is 0 Å². The predicted octanol–water partition coefficient (Wildman–Crippen LogP) is 13.0. The fourth-order valence-electron chi connectivity index (χ4n) is 7.33. The first-order valence-electron chi connectivity index (χ1n) is 16.6. The number of hydrogen-bond acceptors (Lipinski definition) is 3. The van der Waals surface area contributed by atoms with Crippen molar-refractivity contribution in [2.75, 3.05) is 0 Å². The van der Waals surface area contributed by atoms with Gasteiger partial charge < -0.3 is 0 Å². The van der Waals surface area contributed by atoms with E-state index in [0.717, 1.165) is 33.6 Å². The van der Waals surface area contributed by atoms with Crippen LogP contribution in [0.2, 0.25) is 0 Å². The van der Waals surface area contributed by atoms with Gasteiger partial charge in [-0.3, -0.25) is 0 Å². The molecule has 0 amide bonds. The third-order valence-electron chi connectivity index (χ3n) is 9.66. The molecule has 0 radical (unpaired) electrons. The van der Waals surface area contributed by atoms with E-state index in [1.165, 1.54) is 58.1 Å². The normalized spacial score (nSPS) is 11.7. The zero-order valence-electron chi connectivity index (χ0n) is 26.5. The van der Waals surface area contributed by atoms with Crippen LogP contribution >= 0.6 is 11.3 Å². The van der Waals surface area contributed by atoms with E-state index in [-0.39, 0.29) is 0 Å². The van der Waals surface area contributed by atoms with Crippen LogP contribution in [-0.2, 0) is 0 Å². The molecule has 0 saturated carbocycles. The molecule has 10 aromatic rings. The van der Waals surface area contributed by atoms with Gasteiger partial charge in [0, 0.05) is 42.2 Å². The SMILES string of the molecule is c1ccc(-c2cccc(-c3cc(-c4ccc5c(c4)c4ccccc4c4c5ccc5c6ccccc6sc54)nc(-c4ccccc4)n3)c2)cc1. The molecule has 2 heterocycles. The first-order valence-corrected chi connectivity index (χ1v) is 17.4. The van der Waals surface area contributed by atoms with E-state index >= 15 is 0 Å². The standard InChI is InChI=1S/C46H28N2S/c1-3-12-29(13-4-1)31-16-11-17-32(26-31)41-28-42(48-46(47-41)30-14-5-2-6-15-30)33-22-23-35-38-24-25-39-36-19-9-10-21-43(36)49-45(39)44(38)37-20-8-7-18-34(37)40(35)27-33/h1-28H. The van der Waals surface area contributed by atoms with E-state index in [1.54, 1.807) is 0 Å². The molecule has 0 atom stereocenters. The summed E-state index contributed by atoms with van der Waals surface area (Å²) in [5, 5.41) is 10.3. The van der Waals surface area contributed by atoms with Crippen LogP contribution in [0.5, 0.6) is 0 Å². The van der Waals surface area contributed by atoms with Gasteiger partial charge in [0.25, 0.3) is 0 Å². The second-order valence-corrected chi connectivity index (χ2v) is 13.6. The maximum Gasteiger partial charge on any atom is 0.160 e. The zero-order valence-corrected chi connectivity index (χ0v) is 27.3. The highest BCUT2D eigenvalue weighted by Crippen LogP contribution is 2.45. The topological polar surface area (TPSA) is 25.8 Å². The van der Waals surface area contributed by atoms with Crippen LogP contribution in [-0.4, -0.2) is 9.97 Å². The van der Waals surface area contributed by atoms with Crippen LogP contribution in [0.15, 0.2) is 170 Å². The third kappa shape index (κ3) is 4.62. The van der Waals surface area contributed by atoms with Gasteiger partial charge in [-0.05, 0) is 62.3 Å². The van der Waals surface area contributed by atoms with Crippen molar-refractivity contribution in [2.45, 2.75) is 0 Å². The van der Waals surface area contributed by atoms with Gasteiger partial charge in [-0.25, -0.2) is 9.97 Å². The summed E-state index contributed by atoms with van der Waals surface area (Å²) in [6.45, 7) is 0. The highest BCUT2D eigenvalue weighted by molar-refractivity contribution is 7.26. The summed E-state index contributed by atoms with van der Waals surface area (Å²) in [6, 6.07) is 60.7. The monoisotopic (exact) mass is 640 g/mol. The molecular weight excluding hydrogens is 613 g/mol. The van der Waals surface area contributed by atoms with E-state index in [2.05, 4.69) is 152 Å². The Labute approximate surface area is 287 Å². The first kappa shape index (κ1) is 27.9. The fraction of sp³-hybridized carbons (Fsp3) is 0. The molecule has 2 nitrogen and oxygen atoms in total. The van der Waals surface area contributed by atoms with Gasteiger partial charge in [-0.1, -0.05) is 146 Å². The Morgan fingerprint density at radius 2 is 0.878 bits per heavy atom. The fourth-order valence-corrected chi connectivity index (χ4v) is 8.59. The Hall–Kier alpha value is -6.16. The molecule has 49 heavy (non-hydrogen) atoms. The number of hydrogen-bond donors (Lipinski definition) is 0.